The van der Waals surface area contributed by atoms with E-state index in [1.807, 2.05) is 24.3 Å². The summed E-state index contributed by atoms with van der Waals surface area (Å²) < 4.78 is 0. The van der Waals surface area contributed by atoms with Crippen LogP contribution < -0.4 is 4.90 Å². The van der Waals surface area contributed by atoms with E-state index in [9.17, 15) is 0 Å². The zero-order valence-electron chi connectivity index (χ0n) is 8.27. The summed E-state index contributed by atoms with van der Waals surface area (Å²) in [4.78, 5) is 4.58. The van der Waals surface area contributed by atoms with E-state index in [2.05, 4.69) is 22.9 Å². The van der Waals surface area contributed by atoms with E-state index >= 15 is 0 Å². The van der Waals surface area contributed by atoms with Gasteiger partial charge in [-0.2, -0.15) is 5.26 Å². The first-order valence-electron chi connectivity index (χ1n) is 4.73. The SMILES string of the molecule is CN1CCN(c2ccc(C#N)cc2)C1. The molecule has 1 aliphatic heterocycles. The summed E-state index contributed by atoms with van der Waals surface area (Å²) in [6.45, 7) is 3.16. The largest absolute Gasteiger partial charge is 0.357 e. The fourth-order valence-electron chi connectivity index (χ4n) is 1.68. The fourth-order valence-corrected chi connectivity index (χ4v) is 1.68. The smallest absolute Gasteiger partial charge is 0.0991 e. The molecule has 3 nitrogen and oxygen atoms in total. The van der Waals surface area contributed by atoms with E-state index in [1.54, 1.807) is 0 Å². The number of hydrogen-bond donors (Lipinski definition) is 0. The molecule has 14 heavy (non-hydrogen) atoms. The van der Waals surface area contributed by atoms with Crippen LogP contribution in [0.5, 0.6) is 0 Å². The zero-order valence-corrected chi connectivity index (χ0v) is 8.27. The molecular formula is C11H13N3. The van der Waals surface area contributed by atoms with E-state index in [0.29, 0.717) is 0 Å². The summed E-state index contributed by atoms with van der Waals surface area (Å²) in [6.07, 6.45) is 0. The Morgan fingerprint density at radius 3 is 2.43 bits per heavy atom. The quantitative estimate of drug-likeness (QED) is 0.663. The molecule has 3 heteroatoms. The van der Waals surface area contributed by atoms with E-state index in [4.69, 9.17) is 5.26 Å². The molecule has 1 aromatic rings. The Kier molecular flexibility index (Phi) is 2.38. The van der Waals surface area contributed by atoms with Gasteiger partial charge in [-0.1, -0.05) is 0 Å². The molecule has 0 spiro atoms. The minimum Gasteiger partial charge on any atom is -0.357 e. The van der Waals surface area contributed by atoms with Crippen molar-refractivity contribution in [2.75, 3.05) is 31.7 Å². The molecule has 0 atom stereocenters. The van der Waals surface area contributed by atoms with Crippen molar-refractivity contribution >= 4 is 5.69 Å². The van der Waals surface area contributed by atoms with Crippen molar-refractivity contribution in [1.29, 1.82) is 5.26 Å². The van der Waals surface area contributed by atoms with E-state index in [-0.39, 0.29) is 0 Å². The van der Waals surface area contributed by atoms with Crippen molar-refractivity contribution in [2.24, 2.45) is 0 Å². The van der Waals surface area contributed by atoms with Crippen molar-refractivity contribution in [2.45, 2.75) is 0 Å². The van der Waals surface area contributed by atoms with Crippen molar-refractivity contribution in [1.82, 2.24) is 4.90 Å². The highest BCUT2D eigenvalue weighted by atomic mass is 15.4. The molecule has 1 heterocycles. The summed E-state index contributed by atoms with van der Waals surface area (Å²) >= 11 is 0. The number of rotatable bonds is 1. The highest BCUT2D eigenvalue weighted by Gasteiger charge is 2.16. The maximum absolute atomic E-state index is 8.66. The van der Waals surface area contributed by atoms with E-state index in [0.717, 1.165) is 25.3 Å². The van der Waals surface area contributed by atoms with Crippen LogP contribution in [-0.2, 0) is 0 Å². The zero-order chi connectivity index (χ0) is 9.97. The van der Waals surface area contributed by atoms with Gasteiger partial charge in [-0.3, -0.25) is 4.90 Å². The summed E-state index contributed by atoms with van der Waals surface area (Å²) in [5.41, 5.74) is 1.93. The van der Waals surface area contributed by atoms with Crippen LogP contribution in [0.1, 0.15) is 5.56 Å². The number of likely N-dealkylation sites (N-methyl/N-ethyl adjacent to an activating group) is 1. The Bertz CT molecular complexity index is 350. The van der Waals surface area contributed by atoms with E-state index < -0.39 is 0 Å². The van der Waals surface area contributed by atoms with Crippen LogP contribution in [0, 0.1) is 11.3 Å². The molecule has 0 unspecified atom stereocenters. The van der Waals surface area contributed by atoms with Crippen molar-refractivity contribution in [3.05, 3.63) is 29.8 Å². The summed E-state index contributed by atoms with van der Waals surface area (Å²) in [5.74, 6) is 0. The van der Waals surface area contributed by atoms with Gasteiger partial charge < -0.3 is 4.90 Å². The Labute approximate surface area is 84.2 Å². The molecule has 1 saturated heterocycles. The Hall–Kier alpha value is -1.53. The molecule has 0 amide bonds. The van der Waals surface area contributed by atoms with Crippen LogP contribution in [0.4, 0.5) is 5.69 Å². The number of anilines is 1. The van der Waals surface area contributed by atoms with Gasteiger partial charge in [0.05, 0.1) is 18.3 Å². The maximum Gasteiger partial charge on any atom is 0.0991 e. The third-order valence-electron chi connectivity index (χ3n) is 2.53. The van der Waals surface area contributed by atoms with Gasteiger partial charge in [-0.25, -0.2) is 0 Å². The van der Waals surface area contributed by atoms with Crippen LogP contribution in [0.15, 0.2) is 24.3 Å². The molecule has 72 valence electrons. The summed E-state index contributed by atoms with van der Waals surface area (Å²) in [5, 5.41) is 8.66. The maximum atomic E-state index is 8.66. The lowest BCUT2D eigenvalue weighted by atomic mass is 10.2. The average molecular weight is 187 g/mol. The molecule has 0 N–H and O–H groups in total. The lowest BCUT2D eigenvalue weighted by Crippen LogP contribution is -2.22. The third-order valence-corrected chi connectivity index (χ3v) is 2.53. The van der Waals surface area contributed by atoms with Gasteiger partial charge in [0.1, 0.15) is 0 Å². The topological polar surface area (TPSA) is 30.3 Å². The Morgan fingerprint density at radius 2 is 1.93 bits per heavy atom. The van der Waals surface area contributed by atoms with Gasteiger partial charge in [-0.15, -0.1) is 0 Å². The van der Waals surface area contributed by atoms with Crippen LogP contribution in [0.3, 0.4) is 0 Å². The van der Waals surface area contributed by atoms with Crippen molar-refractivity contribution < 1.29 is 0 Å². The first-order valence-corrected chi connectivity index (χ1v) is 4.73. The number of nitrogens with zero attached hydrogens (tertiary/aromatic N) is 3. The van der Waals surface area contributed by atoms with Gasteiger partial charge in [0.15, 0.2) is 0 Å². The number of nitriles is 1. The van der Waals surface area contributed by atoms with Gasteiger partial charge in [0, 0.05) is 18.8 Å². The number of hydrogen-bond acceptors (Lipinski definition) is 3. The second-order valence-electron chi connectivity index (χ2n) is 3.64. The fraction of sp³-hybridized carbons (Fsp3) is 0.364. The van der Waals surface area contributed by atoms with Gasteiger partial charge in [0.25, 0.3) is 0 Å². The molecule has 0 saturated carbocycles. The Balaban J connectivity index is 2.14. The normalized spacial score (nSPS) is 17.0. The predicted molar refractivity (Wildman–Crippen MR) is 56.0 cm³/mol. The highest BCUT2D eigenvalue weighted by Crippen LogP contribution is 2.17. The lowest BCUT2D eigenvalue weighted by Gasteiger charge is -2.17. The third kappa shape index (κ3) is 1.70. The standard InChI is InChI=1S/C11H13N3/c1-13-6-7-14(9-13)11-4-2-10(8-12)3-5-11/h2-5H,6-7,9H2,1H3. The number of benzene rings is 1. The first-order chi connectivity index (χ1) is 6.79. The molecule has 1 fully saturated rings. The van der Waals surface area contributed by atoms with Gasteiger partial charge >= 0.3 is 0 Å². The van der Waals surface area contributed by atoms with Crippen LogP contribution in [0.2, 0.25) is 0 Å². The second kappa shape index (κ2) is 3.69. The molecule has 1 aromatic carbocycles. The van der Waals surface area contributed by atoms with Crippen LogP contribution >= 0.6 is 0 Å². The highest BCUT2D eigenvalue weighted by molar-refractivity contribution is 5.50. The predicted octanol–water partition coefficient (Wildman–Crippen LogP) is 1.27. The Morgan fingerprint density at radius 1 is 1.21 bits per heavy atom. The van der Waals surface area contributed by atoms with Gasteiger partial charge in [0.2, 0.25) is 0 Å². The molecule has 0 radical (unpaired) electrons. The minimum absolute atomic E-state index is 0.723. The first kappa shape index (κ1) is 9.04. The van der Waals surface area contributed by atoms with Gasteiger partial charge in [-0.05, 0) is 31.3 Å². The van der Waals surface area contributed by atoms with Crippen molar-refractivity contribution in [3.63, 3.8) is 0 Å². The summed E-state index contributed by atoms with van der Waals surface area (Å²) in [7, 11) is 2.11. The molecule has 2 rings (SSSR count). The van der Waals surface area contributed by atoms with Crippen molar-refractivity contribution in [3.8, 4) is 6.07 Å². The summed E-state index contributed by atoms with van der Waals surface area (Å²) in [6, 6.07) is 9.89. The molecular weight excluding hydrogens is 174 g/mol. The second-order valence-corrected chi connectivity index (χ2v) is 3.64. The average Bonchev–Trinajstić information content (AvgIpc) is 2.65. The molecule has 0 aliphatic carbocycles. The molecule has 0 aromatic heterocycles. The van der Waals surface area contributed by atoms with Crippen LogP contribution in [0.25, 0.3) is 0 Å². The molecule has 1 aliphatic rings. The van der Waals surface area contributed by atoms with E-state index in [1.165, 1.54) is 5.69 Å². The lowest BCUT2D eigenvalue weighted by molar-refractivity contribution is 0.421. The monoisotopic (exact) mass is 187 g/mol. The molecule has 0 bridgehead atoms. The van der Waals surface area contributed by atoms with Crippen LogP contribution in [-0.4, -0.2) is 31.7 Å². The minimum atomic E-state index is 0.723.